The maximum atomic E-state index is 8.63. The second kappa shape index (κ2) is 7.18. The summed E-state index contributed by atoms with van der Waals surface area (Å²) >= 11 is 0. The first-order chi connectivity index (χ1) is 3.73. The molecule has 0 unspecified atom stereocenters. The summed E-state index contributed by atoms with van der Waals surface area (Å²) in [5.74, 6) is 0. The van der Waals surface area contributed by atoms with Crippen LogP contribution in [0.15, 0.2) is 0 Å². The molecule has 0 saturated heterocycles. The molecule has 0 bridgehead atoms. The van der Waals surface area contributed by atoms with E-state index < -0.39 is 15.5 Å². The first kappa shape index (κ1) is 16.6. The van der Waals surface area contributed by atoms with Gasteiger partial charge in [-0.2, -0.15) is 0 Å². The molecule has 0 aromatic heterocycles. The molecule has 0 saturated carbocycles. The molecular weight excluding hydrogens is 181 g/mol. The van der Waals surface area contributed by atoms with Gasteiger partial charge in [0.05, 0.1) is 0 Å². The second-order valence-corrected chi connectivity index (χ2v) is 1.52. The summed E-state index contributed by atoms with van der Waals surface area (Å²) in [5.41, 5.74) is 0. The van der Waals surface area contributed by atoms with Gasteiger partial charge in [-0.25, -0.2) is 8.42 Å². The summed E-state index contributed by atoms with van der Waals surface area (Å²) in [4.78, 5) is 8.36. The fraction of sp³-hybridized carbons (Fsp3) is 0. The molecule has 0 aliphatic heterocycles. The number of hydrogen-bond donors (Lipinski definition) is 2. The van der Waals surface area contributed by atoms with E-state index in [-0.39, 0.29) is 29.6 Å². The quantitative estimate of drug-likeness (QED) is 0.127. The fourth-order valence-electron chi connectivity index (χ4n) is 0. The van der Waals surface area contributed by atoms with Crippen molar-refractivity contribution in [3.05, 3.63) is 10.1 Å². The van der Waals surface area contributed by atoms with Gasteiger partial charge in [0, 0.05) is 0 Å². The number of hydrogen-bond acceptors (Lipinski definition) is 5. The predicted molar refractivity (Wildman–Crippen MR) is 21.1 cm³/mol. The Balaban J connectivity index is -0.0000000910. The van der Waals surface area contributed by atoms with E-state index in [2.05, 4.69) is 0 Å². The van der Waals surface area contributed by atoms with Crippen molar-refractivity contribution in [1.29, 1.82) is 0 Å². The van der Waals surface area contributed by atoms with Crippen LogP contribution in [0.2, 0.25) is 0 Å². The summed E-state index contributed by atoms with van der Waals surface area (Å²) in [7, 11) is -4.92. The van der Waals surface area contributed by atoms with Crippen LogP contribution in [0.5, 0.6) is 0 Å². The molecule has 0 heterocycles. The first-order valence-electron chi connectivity index (χ1n) is 1.25. The molecule has 0 rings (SSSR count). The Morgan fingerprint density at radius 1 is 1.40 bits per heavy atom. The van der Waals surface area contributed by atoms with E-state index in [0.717, 1.165) is 0 Å². The van der Waals surface area contributed by atoms with Crippen molar-refractivity contribution in [3.8, 4) is 0 Å². The third-order valence-electron chi connectivity index (χ3n) is 0. The molecule has 8 nitrogen and oxygen atoms in total. The van der Waals surface area contributed by atoms with Crippen LogP contribution >= 0.6 is 0 Å². The molecular formula is H2NNaO7S. The Labute approximate surface area is 77.8 Å². The normalized spacial score (nSPS) is 8.20. The van der Waals surface area contributed by atoms with Gasteiger partial charge in [-0.1, -0.05) is 0 Å². The standard InChI is InChI=1S/HNO3.Na.H2O4S/c2-1(3)4;;1-5(2,3)4/h(H,2,3,4);;(H2,1,2,3,4)/q;+1;/p-1. The van der Waals surface area contributed by atoms with Crippen LogP contribution in [0.3, 0.4) is 0 Å². The molecule has 0 radical (unpaired) electrons. The summed E-state index contributed by atoms with van der Waals surface area (Å²) in [5, 5.41) is 13.6. The minimum absolute atomic E-state index is 0. The van der Waals surface area contributed by atoms with E-state index in [4.69, 9.17) is 32.8 Å². The minimum Gasteiger partial charge on any atom is -0.726 e. The largest absolute Gasteiger partial charge is 1.00 e. The van der Waals surface area contributed by atoms with E-state index >= 15 is 0 Å². The molecule has 10 heteroatoms. The van der Waals surface area contributed by atoms with Crippen molar-refractivity contribution in [3.63, 3.8) is 0 Å². The molecule has 0 atom stereocenters. The Bertz CT molecular complexity index is 156. The van der Waals surface area contributed by atoms with Crippen molar-refractivity contribution in [2.75, 3.05) is 0 Å². The second-order valence-electron chi connectivity index (χ2n) is 0.666. The molecule has 10 heavy (non-hydrogen) atoms. The van der Waals surface area contributed by atoms with E-state index in [0.29, 0.717) is 0 Å². The van der Waals surface area contributed by atoms with Gasteiger partial charge in [0.15, 0.2) is 0 Å². The van der Waals surface area contributed by atoms with Crippen molar-refractivity contribution >= 4 is 10.4 Å². The summed E-state index contributed by atoms with van der Waals surface area (Å²) in [6.45, 7) is 0. The molecule has 0 aliphatic rings. The van der Waals surface area contributed by atoms with E-state index in [1.54, 1.807) is 0 Å². The van der Waals surface area contributed by atoms with Gasteiger partial charge in [0.25, 0.3) is 5.09 Å². The summed E-state index contributed by atoms with van der Waals surface area (Å²) in [6.07, 6.45) is 0. The third-order valence-corrected chi connectivity index (χ3v) is 0. The third kappa shape index (κ3) is 82300. The number of nitrogens with zero attached hydrogens (tertiary/aromatic N) is 1. The zero-order valence-corrected chi connectivity index (χ0v) is 7.61. The van der Waals surface area contributed by atoms with Crippen molar-refractivity contribution in [2.24, 2.45) is 0 Å². The van der Waals surface area contributed by atoms with Gasteiger partial charge in [-0.05, 0) is 0 Å². The predicted octanol–water partition coefficient (Wildman–Crippen LogP) is -4.34. The van der Waals surface area contributed by atoms with Crippen LogP contribution in [0.4, 0.5) is 0 Å². The van der Waals surface area contributed by atoms with Crippen molar-refractivity contribution in [2.45, 2.75) is 0 Å². The SMILES string of the molecule is O=S(=O)([O-])O.O=[N+]([O-])O.[Na+]. The topological polar surface area (TPSA) is 141 Å². The maximum Gasteiger partial charge on any atom is 1.00 e. The van der Waals surface area contributed by atoms with Crippen LogP contribution in [0.25, 0.3) is 0 Å². The first-order valence-corrected chi connectivity index (χ1v) is 2.61. The molecule has 0 fully saturated rings. The van der Waals surface area contributed by atoms with Gasteiger partial charge in [-0.3, -0.25) is 4.55 Å². The molecule has 0 aromatic carbocycles. The molecule has 0 amide bonds. The smallest absolute Gasteiger partial charge is 0.726 e. The van der Waals surface area contributed by atoms with Crippen LogP contribution in [-0.4, -0.2) is 27.8 Å². The molecule has 56 valence electrons. The average molecular weight is 183 g/mol. The van der Waals surface area contributed by atoms with E-state index in [1.807, 2.05) is 0 Å². The summed E-state index contributed by atoms with van der Waals surface area (Å²) in [6, 6.07) is 0. The molecule has 2 N–H and O–H groups in total. The Morgan fingerprint density at radius 3 is 1.40 bits per heavy atom. The zero-order chi connectivity index (χ0) is 8.08. The van der Waals surface area contributed by atoms with Crippen molar-refractivity contribution in [1.82, 2.24) is 0 Å². The molecule has 0 aromatic rings. The Hall–Kier alpha value is 0.0700. The van der Waals surface area contributed by atoms with Crippen LogP contribution in [-0.2, 0) is 10.4 Å². The van der Waals surface area contributed by atoms with E-state index in [9.17, 15) is 0 Å². The van der Waals surface area contributed by atoms with Crippen LogP contribution in [0.1, 0.15) is 0 Å². The van der Waals surface area contributed by atoms with Crippen molar-refractivity contribution < 1.29 is 57.4 Å². The number of rotatable bonds is 0. The Morgan fingerprint density at radius 2 is 1.40 bits per heavy atom. The molecule has 0 spiro atoms. The van der Waals surface area contributed by atoms with Gasteiger partial charge < -0.3 is 9.76 Å². The van der Waals surface area contributed by atoms with E-state index in [1.165, 1.54) is 0 Å². The van der Waals surface area contributed by atoms with Crippen LogP contribution in [0, 0.1) is 10.1 Å². The average Bonchev–Trinajstić information content (AvgIpc) is 1.19. The molecule has 0 aliphatic carbocycles. The zero-order valence-electron chi connectivity index (χ0n) is 4.79. The Kier molecular flexibility index (Phi) is 11.9. The van der Waals surface area contributed by atoms with Gasteiger partial charge in [-0.15, -0.1) is 10.1 Å². The maximum absolute atomic E-state index is 8.63. The minimum atomic E-state index is -4.92. The summed E-state index contributed by atoms with van der Waals surface area (Å²) < 4.78 is 32.8. The fourth-order valence-corrected chi connectivity index (χ4v) is 0. The van der Waals surface area contributed by atoms with Gasteiger partial charge in [0.1, 0.15) is 0 Å². The monoisotopic (exact) mass is 183 g/mol. The van der Waals surface area contributed by atoms with Gasteiger partial charge in [0.2, 0.25) is 10.4 Å². The van der Waals surface area contributed by atoms with Gasteiger partial charge >= 0.3 is 29.6 Å². The van der Waals surface area contributed by atoms with Crippen LogP contribution < -0.4 is 29.6 Å².